The summed E-state index contributed by atoms with van der Waals surface area (Å²) in [6.45, 7) is 6.41. The third-order valence-electron chi connectivity index (χ3n) is 3.63. The molecule has 1 aliphatic heterocycles. The maximum Gasteiger partial charge on any atom is 0.245 e. The van der Waals surface area contributed by atoms with Crippen molar-refractivity contribution < 1.29 is 9.59 Å². The lowest BCUT2D eigenvalue weighted by Crippen LogP contribution is -2.64. The highest BCUT2D eigenvalue weighted by Crippen LogP contribution is 2.19. The maximum absolute atomic E-state index is 12.5. The van der Waals surface area contributed by atoms with Crippen molar-refractivity contribution >= 4 is 23.2 Å². The van der Waals surface area contributed by atoms with Gasteiger partial charge in [0.1, 0.15) is 12.1 Å². The molecule has 0 spiro atoms. The predicted molar refractivity (Wildman–Crippen MR) is 78.4 cm³/mol. The Labute approximate surface area is 123 Å². The fourth-order valence-corrected chi connectivity index (χ4v) is 3.18. The molecule has 2 atom stereocenters. The zero-order valence-corrected chi connectivity index (χ0v) is 12.9. The van der Waals surface area contributed by atoms with Crippen LogP contribution in [0.1, 0.15) is 32.9 Å². The summed E-state index contributed by atoms with van der Waals surface area (Å²) in [6.07, 6.45) is 1.32. The van der Waals surface area contributed by atoms with Crippen LogP contribution in [0, 0.1) is 5.92 Å². The van der Waals surface area contributed by atoms with E-state index in [1.807, 2.05) is 26.2 Å². The zero-order chi connectivity index (χ0) is 14.7. The summed E-state index contributed by atoms with van der Waals surface area (Å²) in [5.74, 6) is 0.0953. The number of carbonyl (C=O) groups is 2. The van der Waals surface area contributed by atoms with Crippen molar-refractivity contribution in [1.82, 2.24) is 15.2 Å². The molecule has 2 amide bonds. The van der Waals surface area contributed by atoms with E-state index < -0.39 is 0 Å². The standard InChI is InChI=1S/C14H21N3O2S/c1-4-11-14(19)17(6-5-10-7-20-8-15-10)12(9(2)3)13(18)16-11/h7-9,11-12H,4-6H2,1-3H3,(H,16,18). The average molecular weight is 295 g/mol. The molecule has 0 aromatic carbocycles. The Morgan fingerprint density at radius 1 is 1.45 bits per heavy atom. The zero-order valence-electron chi connectivity index (χ0n) is 12.1. The smallest absolute Gasteiger partial charge is 0.245 e. The van der Waals surface area contributed by atoms with E-state index in [0.29, 0.717) is 19.4 Å². The molecule has 1 aliphatic rings. The molecule has 6 heteroatoms. The van der Waals surface area contributed by atoms with Crippen molar-refractivity contribution in [3.8, 4) is 0 Å². The fraction of sp³-hybridized carbons (Fsp3) is 0.643. The van der Waals surface area contributed by atoms with Crippen molar-refractivity contribution in [2.75, 3.05) is 6.54 Å². The molecule has 1 aromatic rings. The first-order valence-electron chi connectivity index (χ1n) is 7.02. The van der Waals surface area contributed by atoms with E-state index in [1.165, 1.54) is 0 Å². The van der Waals surface area contributed by atoms with E-state index in [2.05, 4.69) is 10.3 Å². The third kappa shape index (κ3) is 3.00. The van der Waals surface area contributed by atoms with Crippen LogP contribution in [-0.4, -0.2) is 40.3 Å². The van der Waals surface area contributed by atoms with Crippen LogP contribution in [0.3, 0.4) is 0 Å². The molecule has 20 heavy (non-hydrogen) atoms. The summed E-state index contributed by atoms with van der Waals surface area (Å²) in [6, 6.07) is -0.753. The maximum atomic E-state index is 12.5. The van der Waals surface area contributed by atoms with Crippen molar-refractivity contribution in [2.24, 2.45) is 5.92 Å². The summed E-state index contributed by atoms with van der Waals surface area (Å²) in [7, 11) is 0. The lowest BCUT2D eigenvalue weighted by Gasteiger charge is -2.40. The van der Waals surface area contributed by atoms with Gasteiger partial charge in [0.15, 0.2) is 0 Å². The average Bonchev–Trinajstić information content (AvgIpc) is 2.91. The summed E-state index contributed by atoms with van der Waals surface area (Å²) >= 11 is 1.55. The number of carbonyl (C=O) groups excluding carboxylic acids is 2. The Morgan fingerprint density at radius 3 is 2.75 bits per heavy atom. The van der Waals surface area contributed by atoms with Gasteiger partial charge in [0.05, 0.1) is 11.2 Å². The molecule has 2 rings (SSSR count). The second-order valence-electron chi connectivity index (χ2n) is 5.42. The quantitative estimate of drug-likeness (QED) is 0.894. The van der Waals surface area contributed by atoms with Crippen LogP contribution in [0.15, 0.2) is 10.9 Å². The van der Waals surface area contributed by atoms with Gasteiger partial charge in [-0.3, -0.25) is 9.59 Å². The molecule has 0 bridgehead atoms. The summed E-state index contributed by atoms with van der Waals surface area (Å²) < 4.78 is 0. The number of hydrogen-bond acceptors (Lipinski definition) is 4. The van der Waals surface area contributed by atoms with Gasteiger partial charge in [0.25, 0.3) is 0 Å². The lowest BCUT2D eigenvalue weighted by molar-refractivity contribution is -0.151. The van der Waals surface area contributed by atoms with Gasteiger partial charge < -0.3 is 10.2 Å². The van der Waals surface area contributed by atoms with E-state index in [1.54, 1.807) is 21.7 Å². The Hall–Kier alpha value is -1.43. The highest BCUT2D eigenvalue weighted by Gasteiger charge is 2.40. The Bertz CT molecular complexity index is 473. The Kier molecular flexibility index (Phi) is 4.75. The number of thiazole rings is 1. The van der Waals surface area contributed by atoms with E-state index in [0.717, 1.165) is 5.69 Å². The number of piperazine rings is 1. The van der Waals surface area contributed by atoms with Crippen molar-refractivity contribution in [1.29, 1.82) is 0 Å². The van der Waals surface area contributed by atoms with Crippen LogP contribution in [0.25, 0.3) is 0 Å². The molecule has 1 aromatic heterocycles. The minimum atomic E-state index is -0.382. The molecular formula is C14H21N3O2S. The molecule has 1 N–H and O–H groups in total. The van der Waals surface area contributed by atoms with Crippen molar-refractivity contribution in [3.05, 3.63) is 16.6 Å². The van der Waals surface area contributed by atoms with Gasteiger partial charge in [0, 0.05) is 18.3 Å². The molecule has 1 saturated heterocycles. The highest BCUT2D eigenvalue weighted by molar-refractivity contribution is 7.07. The first-order valence-corrected chi connectivity index (χ1v) is 7.96. The molecule has 0 aliphatic carbocycles. The molecule has 110 valence electrons. The van der Waals surface area contributed by atoms with E-state index in [9.17, 15) is 9.59 Å². The number of rotatable bonds is 5. The monoisotopic (exact) mass is 295 g/mol. The highest BCUT2D eigenvalue weighted by atomic mass is 32.1. The van der Waals surface area contributed by atoms with Crippen molar-refractivity contribution in [3.63, 3.8) is 0 Å². The molecular weight excluding hydrogens is 274 g/mol. The minimum Gasteiger partial charge on any atom is -0.343 e. The Morgan fingerprint density at radius 2 is 2.20 bits per heavy atom. The SMILES string of the molecule is CCC1NC(=O)C(C(C)C)N(CCc2cscn2)C1=O. The summed E-state index contributed by atoms with van der Waals surface area (Å²) in [5.41, 5.74) is 2.76. The summed E-state index contributed by atoms with van der Waals surface area (Å²) in [4.78, 5) is 30.6. The van der Waals surface area contributed by atoms with Gasteiger partial charge in [-0.05, 0) is 12.3 Å². The number of nitrogens with one attached hydrogen (secondary N) is 1. The normalized spacial score (nSPS) is 23.3. The van der Waals surface area contributed by atoms with Gasteiger partial charge in [-0.15, -0.1) is 11.3 Å². The lowest BCUT2D eigenvalue weighted by atomic mass is 9.96. The summed E-state index contributed by atoms with van der Waals surface area (Å²) in [5, 5.41) is 4.81. The Balaban J connectivity index is 2.13. The van der Waals surface area contributed by atoms with Crippen LogP contribution in [0.5, 0.6) is 0 Å². The second kappa shape index (κ2) is 6.35. The molecule has 0 radical (unpaired) electrons. The van der Waals surface area contributed by atoms with Gasteiger partial charge in [0.2, 0.25) is 11.8 Å². The minimum absolute atomic E-state index is 0.0287. The van der Waals surface area contributed by atoms with Crippen LogP contribution in [0.4, 0.5) is 0 Å². The largest absolute Gasteiger partial charge is 0.343 e. The molecule has 1 fully saturated rings. The van der Waals surface area contributed by atoms with Gasteiger partial charge in [-0.25, -0.2) is 4.98 Å². The van der Waals surface area contributed by atoms with Crippen LogP contribution < -0.4 is 5.32 Å². The molecule has 0 saturated carbocycles. The number of nitrogens with zero attached hydrogens (tertiary/aromatic N) is 2. The fourth-order valence-electron chi connectivity index (χ4n) is 2.58. The van der Waals surface area contributed by atoms with E-state index in [4.69, 9.17) is 0 Å². The number of amides is 2. The predicted octanol–water partition coefficient (Wildman–Crippen LogP) is 1.45. The first-order chi connectivity index (χ1) is 9.54. The van der Waals surface area contributed by atoms with E-state index >= 15 is 0 Å². The number of hydrogen-bond donors (Lipinski definition) is 1. The number of aromatic nitrogens is 1. The van der Waals surface area contributed by atoms with Crippen LogP contribution in [-0.2, 0) is 16.0 Å². The van der Waals surface area contributed by atoms with Crippen molar-refractivity contribution in [2.45, 2.75) is 45.7 Å². The van der Waals surface area contributed by atoms with E-state index in [-0.39, 0.29) is 29.8 Å². The van der Waals surface area contributed by atoms with Gasteiger partial charge in [-0.2, -0.15) is 0 Å². The third-order valence-corrected chi connectivity index (χ3v) is 4.27. The second-order valence-corrected chi connectivity index (χ2v) is 6.14. The molecule has 5 nitrogen and oxygen atoms in total. The van der Waals surface area contributed by atoms with Gasteiger partial charge in [-0.1, -0.05) is 20.8 Å². The molecule has 2 heterocycles. The van der Waals surface area contributed by atoms with Crippen LogP contribution >= 0.6 is 11.3 Å². The molecule has 2 unspecified atom stereocenters. The van der Waals surface area contributed by atoms with Crippen LogP contribution in [0.2, 0.25) is 0 Å². The first kappa shape index (κ1) is 15.0. The topological polar surface area (TPSA) is 62.3 Å². The van der Waals surface area contributed by atoms with Gasteiger partial charge >= 0.3 is 0 Å².